The largest absolute Gasteiger partial charge is 0.392 e. The lowest BCUT2D eigenvalue weighted by Gasteiger charge is -2.11. The maximum Gasteiger partial charge on any atom is 0.237 e. The van der Waals surface area contributed by atoms with Crippen molar-refractivity contribution in [3.05, 3.63) is 72.2 Å². The van der Waals surface area contributed by atoms with E-state index in [0.29, 0.717) is 18.7 Å². The quantitative estimate of drug-likeness (QED) is 0.633. The van der Waals surface area contributed by atoms with E-state index >= 15 is 0 Å². The number of aromatic nitrogens is 2. The van der Waals surface area contributed by atoms with Crippen molar-refractivity contribution in [2.75, 3.05) is 6.54 Å². The third-order valence-electron chi connectivity index (χ3n) is 4.81. The minimum Gasteiger partial charge on any atom is -0.392 e. The zero-order valence-electron chi connectivity index (χ0n) is 15.2. The Bertz CT molecular complexity index is 956. The SMILES string of the molecule is O=C(NCc1cn(-c2ccccc2)nc1-c1ccc(F)cc1)[C@H]1C[C@H](O)CN1. The second-order valence-corrected chi connectivity index (χ2v) is 6.86. The first kappa shape index (κ1) is 18.3. The third kappa shape index (κ3) is 3.95. The molecule has 6 nitrogen and oxygen atoms in total. The first-order valence-electron chi connectivity index (χ1n) is 9.19. The van der Waals surface area contributed by atoms with Gasteiger partial charge in [0.15, 0.2) is 0 Å². The molecule has 0 radical (unpaired) electrons. The Kier molecular flexibility index (Phi) is 5.18. The number of carbonyl (C=O) groups excluding carboxylic acids is 1. The molecule has 2 aromatic carbocycles. The van der Waals surface area contributed by atoms with E-state index in [2.05, 4.69) is 15.7 Å². The summed E-state index contributed by atoms with van der Waals surface area (Å²) in [4.78, 5) is 12.4. The fourth-order valence-electron chi connectivity index (χ4n) is 3.33. The molecular formula is C21H21FN4O2. The van der Waals surface area contributed by atoms with Crippen LogP contribution in [0.15, 0.2) is 60.8 Å². The molecule has 1 fully saturated rings. The molecule has 0 bridgehead atoms. The van der Waals surface area contributed by atoms with Gasteiger partial charge in [-0.25, -0.2) is 9.07 Å². The second-order valence-electron chi connectivity index (χ2n) is 6.86. The summed E-state index contributed by atoms with van der Waals surface area (Å²) in [6.07, 6.45) is 1.77. The number of amides is 1. The van der Waals surface area contributed by atoms with Gasteiger partial charge >= 0.3 is 0 Å². The van der Waals surface area contributed by atoms with Crippen molar-refractivity contribution in [3.8, 4) is 16.9 Å². The van der Waals surface area contributed by atoms with E-state index in [4.69, 9.17) is 0 Å². The van der Waals surface area contributed by atoms with E-state index in [1.54, 1.807) is 16.8 Å². The fraction of sp³-hybridized carbons (Fsp3) is 0.238. The number of aliphatic hydroxyl groups is 1. The Morgan fingerprint density at radius 2 is 1.96 bits per heavy atom. The Morgan fingerprint density at radius 3 is 2.64 bits per heavy atom. The lowest BCUT2D eigenvalue weighted by molar-refractivity contribution is -0.123. The minimum atomic E-state index is -0.494. The van der Waals surface area contributed by atoms with Crippen LogP contribution in [0.1, 0.15) is 12.0 Å². The van der Waals surface area contributed by atoms with E-state index in [1.165, 1.54) is 12.1 Å². The van der Waals surface area contributed by atoms with Crippen molar-refractivity contribution < 1.29 is 14.3 Å². The summed E-state index contributed by atoms with van der Waals surface area (Å²) in [5, 5.41) is 20.2. The maximum atomic E-state index is 13.3. The predicted octanol–water partition coefficient (Wildman–Crippen LogP) is 2.02. The van der Waals surface area contributed by atoms with Crippen molar-refractivity contribution in [1.29, 1.82) is 0 Å². The molecule has 1 saturated heterocycles. The van der Waals surface area contributed by atoms with Crippen LogP contribution in [0.5, 0.6) is 0 Å². The van der Waals surface area contributed by atoms with Crippen LogP contribution in [-0.4, -0.2) is 39.5 Å². The van der Waals surface area contributed by atoms with Crippen molar-refractivity contribution in [2.45, 2.75) is 25.1 Å². The summed E-state index contributed by atoms with van der Waals surface area (Å²) in [6, 6.07) is 15.4. The van der Waals surface area contributed by atoms with Gasteiger partial charge in [-0.1, -0.05) is 18.2 Å². The first-order valence-corrected chi connectivity index (χ1v) is 9.19. The van der Waals surface area contributed by atoms with Gasteiger partial charge in [-0.3, -0.25) is 4.79 Å². The molecule has 144 valence electrons. The number of nitrogens with zero attached hydrogens (tertiary/aromatic N) is 2. The molecular weight excluding hydrogens is 359 g/mol. The highest BCUT2D eigenvalue weighted by molar-refractivity contribution is 5.82. The predicted molar refractivity (Wildman–Crippen MR) is 103 cm³/mol. The van der Waals surface area contributed by atoms with E-state index < -0.39 is 12.1 Å². The molecule has 0 aliphatic carbocycles. The average molecular weight is 380 g/mol. The summed E-state index contributed by atoms with van der Waals surface area (Å²) >= 11 is 0. The molecule has 1 aliphatic rings. The van der Waals surface area contributed by atoms with Gasteiger partial charge in [-0.2, -0.15) is 5.10 Å². The lowest BCUT2D eigenvalue weighted by Crippen LogP contribution is -2.40. The normalized spacial score (nSPS) is 18.9. The van der Waals surface area contributed by atoms with Crippen LogP contribution in [0.3, 0.4) is 0 Å². The molecule has 0 unspecified atom stereocenters. The van der Waals surface area contributed by atoms with E-state index in [-0.39, 0.29) is 18.3 Å². The Balaban J connectivity index is 1.60. The maximum absolute atomic E-state index is 13.3. The molecule has 2 atom stereocenters. The monoisotopic (exact) mass is 380 g/mol. The number of hydrogen-bond acceptors (Lipinski definition) is 4. The number of hydrogen-bond donors (Lipinski definition) is 3. The van der Waals surface area contributed by atoms with Gasteiger partial charge in [0.05, 0.1) is 23.5 Å². The summed E-state index contributed by atoms with van der Waals surface area (Å²) < 4.78 is 15.1. The highest BCUT2D eigenvalue weighted by atomic mass is 19.1. The molecule has 1 aromatic heterocycles. The standard InChI is InChI=1S/C21H21FN4O2/c22-16-8-6-14(7-9-16)20-15(11-24-21(28)19-10-18(27)12-23-19)13-26(25-20)17-4-2-1-3-5-17/h1-9,13,18-19,23,27H,10-12H2,(H,24,28)/t18-,19+/m0/s1. The summed E-state index contributed by atoms with van der Waals surface area (Å²) in [5.74, 6) is -0.471. The topological polar surface area (TPSA) is 79.2 Å². The Hall–Kier alpha value is -3.03. The number of para-hydroxylation sites is 1. The van der Waals surface area contributed by atoms with Crippen LogP contribution in [0.25, 0.3) is 16.9 Å². The number of benzene rings is 2. The lowest BCUT2D eigenvalue weighted by atomic mass is 10.1. The summed E-state index contributed by atoms with van der Waals surface area (Å²) in [5.41, 5.74) is 3.17. The van der Waals surface area contributed by atoms with E-state index in [1.807, 2.05) is 36.5 Å². The van der Waals surface area contributed by atoms with E-state index in [9.17, 15) is 14.3 Å². The number of aliphatic hydroxyl groups excluding tert-OH is 1. The fourth-order valence-corrected chi connectivity index (χ4v) is 3.33. The summed E-state index contributed by atoms with van der Waals surface area (Å²) in [6.45, 7) is 0.706. The van der Waals surface area contributed by atoms with Crippen LogP contribution in [-0.2, 0) is 11.3 Å². The number of β-amino-alcohol motifs (C(OH)–C–C–N with tert-alkyl or cyclic N) is 1. The zero-order valence-corrected chi connectivity index (χ0v) is 15.2. The Labute approximate surface area is 162 Å². The van der Waals surface area contributed by atoms with Crippen molar-refractivity contribution in [3.63, 3.8) is 0 Å². The number of halogens is 1. The molecule has 3 N–H and O–H groups in total. The molecule has 7 heteroatoms. The number of rotatable bonds is 5. The van der Waals surface area contributed by atoms with Gasteiger partial charge in [0.1, 0.15) is 5.82 Å². The minimum absolute atomic E-state index is 0.158. The Morgan fingerprint density at radius 1 is 1.21 bits per heavy atom. The number of carbonyl (C=O) groups is 1. The van der Waals surface area contributed by atoms with Crippen LogP contribution in [0.2, 0.25) is 0 Å². The number of nitrogens with one attached hydrogen (secondary N) is 2. The van der Waals surface area contributed by atoms with Gasteiger partial charge in [-0.05, 0) is 42.8 Å². The van der Waals surface area contributed by atoms with Crippen LogP contribution >= 0.6 is 0 Å². The van der Waals surface area contributed by atoms with Gasteiger partial charge in [0.25, 0.3) is 0 Å². The second kappa shape index (κ2) is 7.92. The summed E-state index contributed by atoms with van der Waals surface area (Å²) in [7, 11) is 0. The molecule has 28 heavy (non-hydrogen) atoms. The molecule has 0 spiro atoms. The smallest absolute Gasteiger partial charge is 0.237 e. The van der Waals surface area contributed by atoms with Gasteiger partial charge in [-0.15, -0.1) is 0 Å². The molecule has 2 heterocycles. The van der Waals surface area contributed by atoms with Crippen molar-refractivity contribution in [1.82, 2.24) is 20.4 Å². The highest BCUT2D eigenvalue weighted by Crippen LogP contribution is 2.24. The average Bonchev–Trinajstić information content (AvgIpc) is 3.34. The van der Waals surface area contributed by atoms with Gasteiger partial charge in [0, 0.05) is 30.4 Å². The van der Waals surface area contributed by atoms with Crippen LogP contribution in [0.4, 0.5) is 4.39 Å². The van der Waals surface area contributed by atoms with Crippen LogP contribution < -0.4 is 10.6 Å². The molecule has 3 aromatic rings. The zero-order chi connectivity index (χ0) is 19.5. The van der Waals surface area contributed by atoms with E-state index in [0.717, 1.165) is 16.8 Å². The van der Waals surface area contributed by atoms with Crippen molar-refractivity contribution in [2.24, 2.45) is 0 Å². The first-order chi connectivity index (χ1) is 13.6. The molecule has 1 aliphatic heterocycles. The third-order valence-corrected chi connectivity index (χ3v) is 4.81. The molecule has 4 rings (SSSR count). The van der Waals surface area contributed by atoms with Gasteiger partial charge < -0.3 is 15.7 Å². The molecule has 0 saturated carbocycles. The van der Waals surface area contributed by atoms with Crippen molar-refractivity contribution >= 4 is 5.91 Å². The van der Waals surface area contributed by atoms with Crippen LogP contribution in [0, 0.1) is 5.82 Å². The van der Waals surface area contributed by atoms with Gasteiger partial charge in [0.2, 0.25) is 5.91 Å². The molecule has 1 amide bonds. The highest BCUT2D eigenvalue weighted by Gasteiger charge is 2.28.